The smallest absolute Gasteiger partial charge is 0.245 e. The van der Waals surface area contributed by atoms with E-state index in [4.69, 9.17) is 5.73 Å². The van der Waals surface area contributed by atoms with Gasteiger partial charge in [0.05, 0.1) is 0 Å². The highest BCUT2D eigenvalue weighted by atomic mass is 16.3. The molecule has 0 spiro atoms. The summed E-state index contributed by atoms with van der Waals surface area (Å²) in [5, 5.41) is 12.8. The van der Waals surface area contributed by atoms with Gasteiger partial charge in [-0.05, 0) is 67.0 Å². The van der Waals surface area contributed by atoms with Crippen LogP contribution in [0.3, 0.4) is 0 Å². The van der Waals surface area contributed by atoms with Crippen LogP contribution >= 0.6 is 0 Å². The fourth-order valence-corrected chi connectivity index (χ4v) is 3.18. The van der Waals surface area contributed by atoms with Crippen LogP contribution in [0.2, 0.25) is 0 Å². The number of phenolic OH excluding ortho intramolecular Hbond substituents is 1. The van der Waals surface area contributed by atoms with Crippen LogP contribution in [0.15, 0.2) is 48.5 Å². The van der Waals surface area contributed by atoms with E-state index in [-0.39, 0.29) is 23.6 Å². The largest absolute Gasteiger partial charge is 0.508 e. The van der Waals surface area contributed by atoms with Gasteiger partial charge in [0.1, 0.15) is 11.3 Å². The maximum atomic E-state index is 12.9. The Hall–Kier alpha value is -2.33. The van der Waals surface area contributed by atoms with Crippen LogP contribution in [0.5, 0.6) is 5.75 Å². The molecule has 2 unspecified atom stereocenters. The zero-order valence-electron chi connectivity index (χ0n) is 14.8. The monoisotopic (exact) mass is 338 g/mol. The van der Waals surface area contributed by atoms with Crippen LogP contribution in [0.1, 0.15) is 38.7 Å². The fourth-order valence-electron chi connectivity index (χ4n) is 3.18. The Balaban J connectivity index is 1.97. The van der Waals surface area contributed by atoms with Gasteiger partial charge in [0.25, 0.3) is 0 Å². The van der Waals surface area contributed by atoms with E-state index in [1.807, 2.05) is 50.2 Å². The number of nitrogens with two attached hydrogens (primary N) is 1. The van der Waals surface area contributed by atoms with E-state index in [9.17, 15) is 9.90 Å². The lowest BCUT2D eigenvalue weighted by Gasteiger charge is -2.30. The second-order valence-corrected chi connectivity index (χ2v) is 7.06. The van der Waals surface area contributed by atoms with Gasteiger partial charge < -0.3 is 16.2 Å². The summed E-state index contributed by atoms with van der Waals surface area (Å²) < 4.78 is 0. The zero-order chi connectivity index (χ0) is 18.0. The van der Waals surface area contributed by atoms with Crippen LogP contribution in [0, 0.1) is 5.92 Å². The van der Waals surface area contributed by atoms with Crippen molar-refractivity contribution >= 4 is 5.91 Å². The third-order valence-corrected chi connectivity index (χ3v) is 5.11. The summed E-state index contributed by atoms with van der Waals surface area (Å²) in [6.45, 7) is 4.04. The minimum absolute atomic E-state index is 0.0996. The summed E-state index contributed by atoms with van der Waals surface area (Å²) in [7, 11) is 0. The van der Waals surface area contributed by atoms with Crippen molar-refractivity contribution in [3.63, 3.8) is 0 Å². The lowest BCUT2D eigenvalue weighted by atomic mass is 9.83. The molecule has 2 aromatic carbocycles. The highest BCUT2D eigenvalue weighted by molar-refractivity contribution is 5.89. The van der Waals surface area contributed by atoms with Gasteiger partial charge in [-0.15, -0.1) is 0 Å². The molecule has 2 atom stereocenters. The molecule has 0 heterocycles. The van der Waals surface area contributed by atoms with Crippen molar-refractivity contribution in [2.75, 3.05) is 0 Å². The Kier molecular flexibility index (Phi) is 4.82. The number of amides is 1. The molecule has 0 aromatic heterocycles. The number of aromatic hydroxyl groups is 1. The summed E-state index contributed by atoms with van der Waals surface area (Å²) in [4.78, 5) is 12.9. The first kappa shape index (κ1) is 17.5. The van der Waals surface area contributed by atoms with E-state index in [1.165, 1.54) is 0 Å². The Morgan fingerprint density at radius 2 is 1.88 bits per heavy atom. The van der Waals surface area contributed by atoms with Crippen molar-refractivity contribution in [1.82, 2.24) is 5.32 Å². The summed E-state index contributed by atoms with van der Waals surface area (Å²) in [6.07, 6.45) is 2.82. The molecule has 0 saturated heterocycles. The molecular formula is C21H26N2O2. The molecule has 1 aliphatic rings. The van der Waals surface area contributed by atoms with Crippen LogP contribution in [0.25, 0.3) is 11.1 Å². The molecule has 1 saturated carbocycles. The number of carbonyl (C=O) groups is 1. The standard InChI is InChI=1S/C21H26N2O2/c1-3-14(2)23-20(25)21(22,17-10-11-17)18-8-4-6-15(12-18)16-7-5-9-19(24)13-16/h4-9,12-14,17,24H,3,10-11,22H2,1-2H3,(H,23,25). The topological polar surface area (TPSA) is 75.4 Å². The molecule has 1 fully saturated rings. The van der Waals surface area contributed by atoms with E-state index >= 15 is 0 Å². The molecule has 1 amide bonds. The molecule has 25 heavy (non-hydrogen) atoms. The second kappa shape index (κ2) is 6.89. The predicted octanol–water partition coefficient (Wildman–Crippen LogP) is 3.54. The van der Waals surface area contributed by atoms with Crippen molar-refractivity contribution < 1.29 is 9.90 Å². The van der Waals surface area contributed by atoms with E-state index in [0.717, 1.165) is 36.0 Å². The van der Waals surface area contributed by atoms with Crippen LogP contribution in [-0.4, -0.2) is 17.1 Å². The Labute approximate surface area is 149 Å². The average Bonchev–Trinajstić information content (AvgIpc) is 3.46. The molecular weight excluding hydrogens is 312 g/mol. The van der Waals surface area contributed by atoms with Gasteiger partial charge in [-0.2, -0.15) is 0 Å². The molecule has 2 aromatic rings. The van der Waals surface area contributed by atoms with Crippen LogP contribution in [0.4, 0.5) is 0 Å². The number of phenols is 1. The molecule has 1 aliphatic carbocycles. The van der Waals surface area contributed by atoms with Crippen molar-refractivity contribution in [3.05, 3.63) is 54.1 Å². The number of nitrogens with one attached hydrogen (secondary N) is 1. The second-order valence-electron chi connectivity index (χ2n) is 7.06. The minimum Gasteiger partial charge on any atom is -0.508 e. The van der Waals surface area contributed by atoms with Crippen molar-refractivity contribution in [1.29, 1.82) is 0 Å². The zero-order valence-corrected chi connectivity index (χ0v) is 14.8. The van der Waals surface area contributed by atoms with Crippen molar-refractivity contribution in [3.8, 4) is 16.9 Å². The molecule has 0 radical (unpaired) electrons. The Morgan fingerprint density at radius 3 is 2.48 bits per heavy atom. The summed E-state index contributed by atoms with van der Waals surface area (Å²) in [5.41, 5.74) is 8.36. The molecule has 4 nitrogen and oxygen atoms in total. The third kappa shape index (κ3) is 3.54. The third-order valence-electron chi connectivity index (χ3n) is 5.11. The van der Waals surface area contributed by atoms with E-state index in [1.54, 1.807) is 12.1 Å². The summed E-state index contributed by atoms with van der Waals surface area (Å²) >= 11 is 0. The molecule has 3 rings (SSSR count). The first-order valence-corrected chi connectivity index (χ1v) is 8.95. The summed E-state index contributed by atoms with van der Waals surface area (Å²) in [5.74, 6) is 0.298. The number of hydrogen-bond acceptors (Lipinski definition) is 3. The van der Waals surface area contributed by atoms with Gasteiger partial charge in [0.2, 0.25) is 5.91 Å². The van der Waals surface area contributed by atoms with Crippen molar-refractivity contribution in [2.45, 2.75) is 44.7 Å². The molecule has 4 N–H and O–H groups in total. The Bertz CT molecular complexity index is 770. The molecule has 4 heteroatoms. The van der Waals surface area contributed by atoms with E-state index in [2.05, 4.69) is 5.32 Å². The van der Waals surface area contributed by atoms with Gasteiger partial charge in [-0.1, -0.05) is 37.3 Å². The van der Waals surface area contributed by atoms with Gasteiger partial charge in [0, 0.05) is 6.04 Å². The molecule has 0 aliphatic heterocycles. The Morgan fingerprint density at radius 1 is 1.24 bits per heavy atom. The maximum absolute atomic E-state index is 12.9. The highest BCUT2D eigenvalue weighted by Gasteiger charge is 2.49. The molecule has 132 valence electrons. The number of benzene rings is 2. The minimum atomic E-state index is -1.00. The summed E-state index contributed by atoms with van der Waals surface area (Å²) in [6, 6.07) is 15.0. The first-order valence-electron chi connectivity index (χ1n) is 8.95. The maximum Gasteiger partial charge on any atom is 0.245 e. The van der Waals surface area contributed by atoms with Gasteiger partial charge in [-0.3, -0.25) is 4.79 Å². The number of carbonyl (C=O) groups excluding carboxylic acids is 1. The predicted molar refractivity (Wildman–Crippen MR) is 100 cm³/mol. The quantitative estimate of drug-likeness (QED) is 0.754. The molecule has 0 bridgehead atoms. The first-order chi connectivity index (χ1) is 11.9. The van der Waals surface area contributed by atoms with Crippen molar-refractivity contribution in [2.24, 2.45) is 11.7 Å². The number of rotatable bonds is 6. The average molecular weight is 338 g/mol. The fraction of sp³-hybridized carbons (Fsp3) is 0.381. The highest BCUT2D eigenvalue weighted by Crippen LogP contribution is 2.45. The van der Waals surface area contributed by atoms with Crippen LogP contribution < -0.4 is 11.1 Å². The van der Waals surface area contributed by atoms with E-state index in [0.29, 0.717) is 0 Å². The van der Waals surface area contributed by atoms with Gasteiger partial charge in [-0.25, -0.2) is 0 Å². The van der Waals surface area contributed by atoms with Crippen LogP contribution in [-0.2, 0) is 10.3 Å². The number of hydrogen-bond donors (Lipinski definition) is 3. The lowest BCUT2D eigenvalue weighted by molar-refractivity contribution is -0.128. The van der Waals surface area contributed by atoms with E-state index < -0.39 is 5.54 Å². The van der Waals surface area contributed by atoms with Gasteiger partial charge >= 0.3 is 0 Å². The van der Waals surface area contributed by atoms with Gasteiger partial charge in [0.15, 0.2) is 0 Å². The normalized spacial score (nSPS) is 17.6. The SMILES string of the molecule is CCC(C)NC(=O)C(N)(c1cccc(-c2cccc(O)c2)c1)C1CC1. The lowest BCUT2D eigenvalue weighted by Crippen LogP contribution is -2.54.